The fourth-order valence-electron chi connectivity index (χ4n) is 2.03. The number of phenolic OH excluding ortho intramolecular Hbond substituents is 1. The monoisotopic (exact) mass is 284 g/mol. The molecule has 0 unspecified atom stereocenters. The first-order valence-corrected chi connectivity index (χ1v) is 6.52. The minimum Gasteiger partial charge on any atom is -0.508 e. The smallest absolute Gasteiger partial charge is 0.333 e. The average molecular weight is 284 g/mol. The molecule has 2 aromatic rings. The number of fused-ring (bicyclic) bond motifs is 1. The molecule has 0 radical (unpaired) electrons. The van der Waals surface area contributed by atoms with E-state index in [9.17, 15) is 14.7 Å². The zero-order valence-corrected chi connectivity index (χ0v) is 11.8. The Morgan fingerprint density at radius 3 is 2.71 bits per heavy atom. The fourth-order valence-corrected chi connectivity index (χ4v) is 2.03. The largest absolute Gasteiger partial charge is 0.508 e. The molecule has 0 heterocycles. The van der Waals surface area contributed by atoms with Crippen molar-refractivity contribution in [1.82, 2.24) is 0 Å². The van der Waals surface area contributed by atoms with Gasteiger partial charge in [0, 0.05) is 12.0 Å². The van der Waals surface area contributed by atoms with E-state index in [2.05, 4.69) is 6.58 Å². The molecule has 0 saturated heterocycles. The third kappa shape index (κ3) is 3.69. The van der Waals surface area contributed by atoms with Crippen molar-refractivity contribution in [1.29, 1.82) is 0 Å². The first kappa shape index (κ1) is 14.8. The van der Waals surface area contributed by atoms with Crippen molar-refractivity contribution in [2.75, 3.05) is 6.61 Å². The van der Waals surface area contributed by atoms with E-state index in [0.29, 0.717) is 0 Å². The van der Waals surface area contributed by atoms with E-state index in [-0.39, 0.29) is 30.1 Å². The number of benzene rings is 2. The van der Waals surface area contributed by atoms with Gasteiger partial charge < -0.3 is 9.84 Å². The molecule has 0 atom stereocenters. The van der Waals surface area contributed by atoms with Crippen LogP contribution in [0.3, 0.4) is 0 Å². The number of hydrogen-bond acceptors (Lipinski definition) is 4. The molecule has 2 rings (SSSR count). The molecular formula is C17H16O4. The van der Waals surface area contributed by atoms with Gasteiger partial charge in [-0.05, 0) is 35.4 Å². The van der Waals surface area contributed by atoms with Gasteiger partial charge in [-0.15, -0.1) is 0 Å². The minimum atomic E-state index is -0.564. The molecular weight excluding hydrogens is 268 g/mol. The number of carbonyl (C=O) groups is 2. The summed E-state index contributed by atoms with van der Waals surface area (Å²) in [5, 5.41) is 11.2. The summed E-state index contributed by atoms with van der Waals surface area (Å²) in [6.45, 7) is 4.72. The van der Waals surface area contributed by atoms with Crippen LogP contribution in [0.25, 0.3) is 10.8 Å². The topological polar surface area (TPSA) is 63.6 Å². The van der Waals surface area contributed by atoms with Gasteiger partial charge in [0.15, 0.2) is 12.4 Å². The molecule has 1 N–H and O–H groups in total. The number of Topliss-reactive ketones (excluding diaryl/α,β-unsaturated/α-hetero) is 1. The quantitative estimate of drug-likeness (QED) is 0.677. The van der Waals surface area contributed by atoms with Crippen molar-refractivity contribution < 1.29 is 19.4 Å². The molecule has 2 aromatic carbocycles. The highest BCUT2D eigenvalue weighted by atomic mass is 16.5. The first-order chi connectivity index (χ1) is 9.97. The summed E-state index contributed by atoms with van der Waals surface area (Å²) in [5.74, 6) is -0.572. The summed E-state index contributed by atoms with van der Waals surface area (Å²) in [6, 6.07) is 10.5. The maximum Gasteiger partial charge on any atom is 0.333 e. The van der Waals surface area contributed by atoms with Gasteiger partial charge in [0.1, 0.15) is 5.75 Å². The van der Waals surface area contributed by atoms with Crippen molar-refractivity contribution in [2.45, 2.75) is 13.3 Å². The van der Waals surface area contributed by atoms with Gasteiger partial charge in [-0.3, -0.25) is 4.79 Å². The summed E-state index contributed by atoms with van der Waals surface area (Å²) < 4.78 is 4.84. The third-order valence-corrected chi connectivity index (χ3v) is 3.05. The summed E-state index contributed by atoms with van der Waals surface area (Å²) in [7, 11) is 0. The van der Waals surface area contributed by atoms with Crippen LogP contribution in [-0.4, -0.2) is 23.5 Å². The molecule has 0 aromatic heterocycles. The fraction of sp³-hybridized carbons (Fsp3) is 0.176. The average Bonchev–Trinajstić information content (AvgIpc) is 2.44. The number of hydrogen-bond donors (Lipinski definition) is 1. The maximum atomic E-state index is 11.9. The SMILES string of the molecule is C=C(C)C(=O)OCC(=O)Cc1cccc2cc(O)ccc12. The van der Waals surface area contributed by atoms with Gasteiger partial charge >= 0.3 is 5.97 Å². The highest BCUT2D eigenvalue weighted by molar-refractivity contribution is 5.93. The van der Waals surface area contributed by atoms with Crippen molar-refractivity contribution in [2.24, 2.45) is 0 Å². The number of esters is 1. The second kappa shape index (κ2) is 6.22. The lowest BCUT2D eigenvalue weighted by Gasteiger charge is -2.07. The van der Waals surface area contributed by atoms with Gasteiger partial charge in [-0.2, -0.15) is 0 Å². The molecule has 4 heteroatoms. The van der Waals surface area contributed by atoms with Crippen LogP contribution in [0.15, 0.2) is 48.6 Å². The highest BCUT2D eigenvalue weighted by Gasteiger charge is 2.11. The van der Waals surface area contributed by atoms with E-state index in [1.54, 1.807) is 18.2 Å². The first-order valence-electron chi connectivity index (χ1n) is 6.52. The van der Waals surface area contributed by atoms with Crippen molar-refractivity contribution in [3.05, 3.63) is 54.1 Å². The normalized spacial score (nSPS) is 10.3. The number of aromatic hydroxyl groups is 1. The van der Waals surface area contributed by atoms with E-state index in [1.165, 1.54) is 6.92 Å². The Kier molecular flexibility index (Phi) is 4.38. The lowest BCUT2D eigenvalue weighted by molar-refractivity contribution is -0.143. The standard InChI is InChI=1S/C17H16O4/c1-11(2)17(20)21-10-15(19)9-13-5-3-4-12-8-14(18)6-7-16(12)13/h3-8,18H,1,9-10H2,2H3. The Labute approximate surface area is 122 Å². The summed E-state index contributed by atoms with van der Waals surface area (Å²) in [5.41, 5.74) is 1.10. The second-order valence-electron chi connectivity index (χ2n) is 4.89. The number of ketones is 1. The Morgan fingerprint density at radius 1 is 1.24 bits per heavy atom. The van der Waals surface area contributed by atoms with Crippen LogP contribution in [0.4, 0.5) is 0 Å². The molecule has 0 aliphatic heterocycles. The lowest BCUT2D eigenvalue weighted by Crippen LogP contribution is -2.16. The minimum absolute atomic E-state index is 0.172. The Morgan fingerprint density at radius 2 is 2.00 bits per heavy atom. The molecule has 21 heavy (non-hydrogen) atoms. The van der Waals surface area contributed by atoms with Gasteiger partial charge in [-0.1, -0.05) is 30.8 Å². The van der Waals surface area contributed by atoms with E-state index in [0.717, 1.165) is 16.3 Å². The van der Waals surface area contributed by atoms with Gasteiger partial charge in [-0.25, -0.2) is 4.79 Å². The predicted octanol–water partition coefficient (Wildman–Crippen LogP) is 2.78. The van der Waals surface area contributed by atoms with Crippen LogP contribution in [0.1, 0.15) is 12.5 Å². The van der Waals surface area contributed by atoms with Crippen LogP contribution in [-0.2, 0) is 20.7 Å². The number of ether oxygens (including phenoxy) is 1. The van der Waals surface area contributed by atoms with Crippen molar-refractivity contribution in [3.63, 3.8) is 0 Å². The molecule has 108 valence electrons. The Hall–Kier alpha value is -2.62. The molecule has 0 aliphatic carbocycles. The van der Waals surface area contributed by atoms with Crippen LogP contribution in [0.2, 0.25) is 0 Å². The van der Waals surface area contributed by atoms with Gasteiger partial charge in [0.05, 0.1) is 0 Å². The van der Waals surface area contributed by atoms with Crippen LogP contribution >= 0.6 is 0 Å². The molecule has 0 amide bonds. The molecule has 0 saturated carbocycles. The zero-order chi connectivity index (χ0) is 15.4. The molecule has 0 bridgehead atoms. The third-order valence-electron chi connectivity index (χ3n) is 3.05. The lowest BCUT2D eigenvalue weighted by atomic mass is 10.0. The molecule has 0 aliphatic rings. The number of phenols is 1. The summed E-state index contributed by atoms with van der Waals surface area (Å²) >= 11 is 0. The maximum absolute atomic E-state index is 11.9. The van der Waals surface area contributed by atoms with E-state index >= 15 is 0 Å². The van der Waals surface area contributed by atoms with Crippen molar-refractivity contribution in [3.8, 4) is 5.75 Å². The van der Waals surface area contributed by atoms with E-state index in [4.69, 9.17) is 4.74 Å². The van der Waals surface area contributed by atoms with Crippen molar-refractivity contribution >= 4 is 22.5 Å². The summed E-state index contributed by atoms with van der Waals surface area (Å²) in [6.07, 6.45) is 0.172. The number of rotatable bonds is 5. The molecule has 4 nitrogen and oxygen atoms in total. The highest BCUT2D eigenvalue weighted by Crippen LogP contribution is 2.23. The molecule has 0 fully saturated rings. The van der Waals surface area contributed by atoms with E-state index in [1.807, 2.05) is 18.2 Å². The zero-order valence-electron chi connectivity index (χ0n) is 11.8. The number of carbonyl (C=O) groups excluding carboxylic acids is 2. The predicted molar refractivity (Wildman–Crippen MR) is 80.1 cm³/mol. The molecule has 0 spiro atoms. The van der Waals surface area contributed by atoms with Gasteiger partial charge in [0.25, 0.3) is 0 Å². The Balaban J connectivity index is 2.11. The van der Waals surface area contributed by atoms with Crippen LogP contribution < -0.4 is 0 Å². The van der Waals surface area contributed by atoms with Crippen LogP contribution in [0.5, 0.6) is 5.75 Å². The van der Waals surface area contributed by atoms with Crippen LogP contribution in [0, 0.1) is 0 Å². The Bertz CT molecular complexity index is 716. The summed E-state index contributed by atoms with van der Waals surface area (Å²) in [4.78, 5) is 23.1. The van der Waals surface area contributed by atoms with E-state index < -0.39 is 5.97 Å². The van der Waals surface area contributed by atoms with Gasteiger partial charge in [0.2, 0.25) is 0 Å². The second-order valence-corrected chi connectivity index (χ2v) is 4.89.